The van der Waals surface area contributed by atoms with E-state index in [4.69, 9.17) is 10.5 Å². The van der Waals surface area contributed by atoms with Gasteiger partial charge in [0.2, 0.25) is 5.88 Å². The number of aromatic nitrogens is 3. The number of amides is 1. The maximum atomic E-state index is 12.3. The van der Waals surface area contributed by atoms with Gasteiger partial charge in [-0.2, -0.15) is 0 Å². The molecule has 0 aliphatic carbocycles. The summed E-state index contributed by atoms with van der Waals surface area (Å²) >= 11 is 0. The fourth-order valence-corrected chi connectivity index (χ4v) is 2.15. The minimum absolute atomic E-state index is 0.222. The average Bonchev–Trinajstić information content (AvgIpc) is 2.67. The zero-order valence-electron chi connectivity index (χ0n) is 13.4. The van der Waals surface area contributed by atoms with Gasteiger partial charge in [-0.05, 0) is 29.8 Å². The fourth-order valence-electron chi connectivity index (χ4n) is 2.15. The van der Waals surface area contributed by atoms with E-state index in [1.165, 1.54) is 0 Å². The number of carbonyl (C=O) groups excluding carboxylic acids is 1. The van der Waals surface area contributed by atoms with Crippen LogP contribution >= 0.6 is 0 Å². The smallest absolute Gasteiger partial charge is 0.251 e. The van der Waals surface area contributed by atoms with Gasteiger partial charge >= 0.3 is 0 Å². The summed E-state index contributed by atoms with van der Waals surface area (Å²) in [6.45, 7) is 0.710. The molecule has 1 aromatic carbocycles. The third kappa shape index (κ3) is 4.58. The van der Waals surface area contributed by atoms with Crippen LogP contribution in [-0.4, -0.2) is 20.9 Å². The Morgan fingerprint density at radius 2 is 2.04 bits per heavy atom. The summed E-state index contributed by atoms with van der Waals surface area (Å²) in [7, 11) is 0. The predicted octanol–water partition coefficient (Wildman–Crippen LogP) is 2.05. The lowest BCUT2D eigenvalue weighted by Crippen LogP contribution is -2.23. The number of carbonyl (C=O) groups is 1. The van der Waals surface area contributed by atoms with Crippen molar-refractivity contribution in [2.45, 2.75) is 13.1 Å². The normalized spacial score (nSPS) is 10.3. The number of hydrogen-bond acceptors (Lipinski definition) is 6. The highest BCUT2D eigenvalue weighted by Gasteiger charge is 2.08. The van der Waals surface area contributed by atoms with Crippen LogP contribution in [0.4, 0.5) is 0 Å². The lowest BCUT2D eigenvalue weighted by molar-refractivity contribution is 0.0950. The molecule has 0 aliphatic heterocycles. The SMILES string of the molecule is NCc1ccnc(Oc2cccc(C(=O)NCc3cnccn3)c2)c1. The van der Waals surface area contributed by atoms with Gasteiger partial charge in [-0.3, -0.25) is 14.8 Å². The summed E-state index contributed by atoms with van der Waals surface area (Å²) in [6.07, 6.45) is 6.41. The van der Waals surface area contributed by atoms with E-state index in [9.17, 15) is 4.79 Å². The van der Waals surface area contributed by atoms with Crippen molar-refractivity contribution in [2.24, 2.45) is 5.73 Å². The molecule has 3 rings (SSSR count). The summed E-state index contributed by atoms with van der Waals surface area (Å²) in [6, 6.07) is 10.5. The molecule has 0 aliphatic rings. The summed E-state index contributed by atoms with van der Waals surface area (Å²) in [5.41, 5.74) is 7.70. The van der Waals surface area contributed by atoms with E-state index in [1.54, 1.807) is 55.1 Å². The Labute approximate surface area is 144 Å². The Bertz CT molecular complexity index is 855. The first-order chi connectivity index (χ1) is 12.2. The highest BCUT2D eigenvalue weighted by atomic mass is 16.5. The monoisotopic (exact) mass is 335 g/mol. The van der Waals surface area contributed by atoms with Crippen molar-refractivity contribution in [1.82, 2.24) is 20.3 Å². The zero-order chi connectivity index (χ0) is 17.5. The van der Waals surface area contributed by atoms with Gasteiger partial charge in [0.25, 0.3) is 5.91 Å². The number of benzene rings is 1. The van der Waals surface area contributed by atoms with E-state index in [0.29, 0.717) is 36.0 Å². The van der Waals surface area contributed by atoms with Crippen LogP contribution in [0, 0.1) is 0 Å². The molecular formula is C18H17N5O2. The number of pyridine rings is 1. The molecule has 126 valence electrons. The minimum Gasteiger partial charge on any atom is -0.439 e. The quantitative estimate of drug-likeness (QED) is 0.714. The van der Waals surface area contributed by atoms with Crippen molar-refractivity contribution in [3.05, 3.63) is 78.0 Å². The molecule has 0 unspecified atom stereocenters. The number of nitrogens with one attached hydrogen (secondary N) is 1. The number of nitrogens with zero attached hydrogens (tertiary/aromatic N) is 3. The van der Waals surface area contributed by atoms with Gasteiger partial charge < -0.3 is 15.8 Å². The summed E-state index contributed by atoms with van der Waals surface area (Å²) < 4.78 is 5.71. The lowest BCUT2D eigenvalue weighted by atomic mass is 10.2. The fraction of sp³-hybridized carbons (Fsp3) is 0.111. The van der Waals surface area contributed by atoms with Gasteiger partial charge in [0.1, 0.15) is 5.75 Å². The molecule has 0 bridgehead atoms. The van der Waals surface area contributed by atoms with Gasteiger partial charge in [-0.25, -0.2) is 4.98 Å². The topological polar surface area (TPSA) is 103 Å². The average molecular weight is 335 g/mol. The first kappa shape index (κ1) is 16.5. The summed E-state index contributed by atoms with van der Waals surface area (Å²) in [4.78, 5) is 24.5. The first-order valence-electron chi connectivity index (χ1n) is 7.70. The van der Waals surface area contributed by atoms with E-state index < -0.39 is 0 Å². The maximum Gasteiger partial charge on any atom is 0.251 e. The molecular weight excluding hydrogens is 318 g/mol. The summed E-state index contributed by atoms with van der Waals surface area (Å²) in [5, 5.41) is 2.80. The molecule has 7 heteroatoms. The van der Waals surface area contributed by atoms with Gasteiger partial charge in [0.05, 0.1) is 18.4 Å². The van der Waals surface area contributed by atoms with Crippen molar-refractivity contribution in [2.75, 3.05) is 0 Å². The molecule has 0 spiro atoms. The van der Waals surface area contributed by atoms with Crippen LogP contribution in [0.25, 0.3) is 0 Å². The molecule has 3 aromatic rings. The van der Waals surface area contributed by atoms with Crippen molar-refractivity contribution < 1.29 is 9.53 Å². The van der Waals surface area contributed by atoms with Crippen molar-refractivity contribution in [1.29, 1.82) is 0 Å². The number of ether oxygens (including phenoxy) is 1. The molecule has 2 heterocycles. The van der Waals surface area contributed by atoms with Crippen LogP contribution in [-0.2, 0) is 13.1 Å². The van der Waals surface area contributed by atoms with E-state index >= 15 is 0 Å². The molecule has 2 aromatic heterocycles. The Morgan fingerprint density at radius 3 is 2.84 bits per heavy atom. The Hall–Kier alpha value is -3.32. The van der Waals surface area contributed by atoms with E-state index in [-0.39, 0.29) is 5.91 Å². The second-order valence-corrected chi connectivity index (χ2v) is 5.22. The van der Waals surface area contributed by atoms with Crippen molar-refractivity contribution >= 4 is 5.91 Å². The van der Waals surface area contributed by atoms with Gasteiger partial charge in [0.15, 0.2) is 0 Å². The molecule has 0 saturated heterocycles. The number of nitrogens with two attached hydrogens (primary N) is 1. The third-order valence-electron chi connectivity index (χ3n) is 3.40. The molecule has 7 nitrogen and oxygen atoms in total. The maximum absolute atomic E-state index is 12.3. The summed E-state index contributed by atoms with van der Waals surface area (Å²) in [5.74, 6) is 0.730. The Morgan fingerprint density at radius 1 is 1.12 bits per heavy atom. The predicted molar refractivity (Wildman–Crippen MR) is 91.8 cm³/mol. The lowest BCUT2D eigenvalue weighted by Gasteiger charge is -2.08. The van der Waals surface area contributed by atoms with Gasteiger partial charge in [-0.15, -0.1) is 0 Å². The van der Waals surface area contributed by atoms with Crippen molar-refractivity contribution in [3.63, 3.8) is 0 Å². The van der Waals surface area contributed by atoms with Crippen LogP contribution in [0.5, 0.6) is 11.6 Å². The third-order valence-corrected chi connectivity index (χ3v) is 3.40. The van der Waals surface area contributed by atoms with Crippen LogP contribution < -0.4 is 15.8 Å². The second kappa shape index (κ2) is 7.98. The van der Waals surface area contributed by atoms with Crippen LogP contribution in [0.15, 0.2) is 61.2 Å². The minimum atomic E-state index is -0.222. The Kier molecular flexibility index (Phi) is 5.28. The molecule has 3 N–H and O–H groups in total. The highest BCUT2D eigenvalue weighted by molar-refractivity contribution is 5.94. The molecule has 25 heavy (non-hydrogen) atoms. The molecule has 0 fully saturated rings. The highest BCUT2D eigenvalue weighted by Crippen LogP contribution is 2.21. The van der Waals surface area contributed by atoms with Crippen LogP contribution in [0.1, 0.15) is 21.6 Å². The Balaban J connectivity index is 1.67. The molecule has 0 radical (unpaired) electrons. The molecule has 0 atom stereocenters. The van der Waals surface area contributed by atoms with Gasteiger partial charge in [0, 0.05) is 36.8 Å². The van der Waals surface area contributed by atoms with Crippen LogP contribution in [0.3, 0.4) is 0 Å². The first-order valence-corrected chi connectivity index (χ1v) is 7.70. The largest absolute Gasteiger partial charge is 0.439 e. The molecule has 0 saturated carbocycles. The molecule has 1 amide bonds. The van der Waals surface area contributed by atoms with Crippen LogP contribution in [0.2, 0.25) is 0 Å². The van der Waals surface area contributed by atoms with E-state index in [2.05, 4.69) is 20.3 Å². The van der Waals surface area contributed by atoms with E-state index in [0.717, 1.165) is 5.56 Å². The number of rotatable bonds is 6. The van der Waals surface area contributed by atoms with Crippen molar-refractivity contribution in [3.8, 4) is 11.6 Å². The van der Waals surface area contributed by atoms with E-state index in [1.807, 2.05) is 6.07 Å². The number of hydrogen-bond donors (Lipinski definition) is 2. The van der Waals surface area contributed by atoms with Gasteiger partial charge in [-0.1, -0.05) is 6.07 Å². The second-order valence-electron chi connectivity index (χ2n) is 5.22. The zero-order valence-corrected chi connectivity index (χ0v) is 13.4. The standard InChI is InChI=1S/C18H17N5O2/c19-10-13-4-5-22-17(8-13)25-16-3-1-2-14(9-16)18(24)23-12-15-11-20-6-7-21-15/h1-9,11H,10,12,19H2,(H,23,24).